The van der Waals surface area contributed by atoms with E-state index in [1.807, 2.05) is 30.1 Å². The molecule has 1 atom stereocenters. The Morgan fingerprint density at radius 1 is 1.50 bits per heavy atom. The minimum Gasteiger partial charge on any atom is -0.395 e. The fourth-order valence-electron chi connectivity index (χ4n) is 2.62. The lowest BCUT2D eigenvalue weighted by molar-refractivity contribution is -0.116. The molecular weight excluding hydrogens is 256 g/mol. The third-order valence-electron chi connectivity index (χ3n) is 3.73. The molecule has 0 aromatic heterocycles. The number of rotatable bonds is 5. The van der Waals surface area contributed by atoms with E-state index in [1.165, 1.54) is 0 Å². The van der Waals surface area contributed by atoms with Gasteiger partial charge in [0, 0.05) is 32.2 Å². The second kappa shape index (κ2) is 6.35. The topological polar surface area (TPSA) is 64.0 Å². The number of likely N-dealkylation sites (N-methyl/N-ethyl adjacent to an activating group) is 1. The van der Waals surface area contributed by atoms with E-state index in [2.05, 4.69) is 0 Å². The molecule has 1 aliphatic rings. The Bertz CT molecular complexity index is 490. The molecule has 1 heterocycles. The van der Waals surface area contributed by atoms with Crippen LogP contribution in [0.4, 0.5) is 5.69 Å². The average molecular weight is 278 g/mol. The Labute approximate surface area is 119 Å². The predicted molar refractivity (Wildman–Crippen MR) is 77.7 cm³/mol. The number of amides is 1. The predicted octanol–water partition coefficient (Wildman–Crippen LogP) is 0.553. The Kier molecular flexibility index (Phi) is 4.75. The van der Waals surface area contributed by atoms with Crippen molar-refractivity contribution in [3.05, 3.63) is 29.3 Å². The van der Waals surface area contributed by atoms with E-state index in [0.717, 1.165) is 23.2 Å². The number of anilines is 1. The average Bonchev–Trinajstić information content (AvgIpc) is 2.81. The van der Waals surface area contributed by atoms with Crippen LogP contribution in [0.5, 0.6) is 0 Å². The fraction of sp³-hybridized carbons (Fsp3) is 0.533. The Morgan fingerprint density at radius 2 is 2.25 bits per heavy atom. The van der Waals surface area contributed by atoms with Gasteiger partial charge in [-0.1, -0.05) is 12.1 Å². The lowest BCUT2D eigenvalue weighted by Gasteiger charge is -2.21. The number of hydrogen-bond acceptors (Lipinski definition) is 4. The maximum absolute atomic E-state index is 11.5. The SMILES string of the molecule is CC(=O)N1CCc2cc(C(O)CN(C)CCO)ccc21. The Balaban J connectivity index is 2.10. The summed E-state index contributed by atoms with van der Waals surface area (Å²) in [6.07, 6.45) is 0.255. The van der Waals surface area contributed by atoms with Crippen molar-refractivity contribution in [2.45, 2.75) is 19.4 Å². The van der Waals surface area contributed by atoms with Crippen LogP contribution in [0.15, 0.2) is 18.2 Å². The Hall–Kier alpha value is -1.43. The van der Waals surface area contributed by atoms with Crippen LogP contribution in [-0.2, 0) is 11.2 Å². The third-order valence-corrected chi connectivity index (χ3v) is 3.73. The second-order valence-corrected chi connectivity index (χ2v) is 5.31. The smallest absolute Gasteiger partial charge is 0.223 e. The van der Waals surface area contributed by atoms with E-state index in [9.17, 15) is 9.90 Å². The summed E-state index contributed by atoms with van der Waals surface area (Å²) in [5.74, 6) is 0.0553. The van der Waals surface area contributed by atoms with E-state index in [0.29, 0.717) is 19.6 Å². The molecule has 2 N–H and O–H groups in total. The molecule has 0 saturated heterocycles. The molecule has 0 bridgehead atoms. The number of aliphatic hydroxyl groups excluding tert-OH is 2. The summed E-state index contributed by atoms with van der Waals surface area (Å²) in [5.41, 5.74) is 2.93. The van der Waals surface area contributed by atoms with Gasteiger partial charge in [0.15, 0.2) is 0 Å². The summed E-state index contributed by atoms with van der Waals surface area (Å²) < 4.78 is 0. The molecule has 0 radical (unpaired) electrons. The van der Waals surface area contributed by atoms with Gasteiger partial charge in [-0.05, 0) is 30.7 Å². The number of aliphatic hydroxyl groups is 2. The van der Waals surface area contributed by atoms with Crippen LogP contribution in [0.2, 0.25) is 0 Å². The maximum Gasteiger partial charge on any atom is 0.223 e. The molecule has 5 nitrogen and oxygen atoms in total. The molecule has 0 fully saturated rings. The van der Waals surface area contributed by atoms with Crippen LogP contribution >= 0.6 is 0 Å². The zero-order valence-corrected chi connectivity index (χ0v) is 12.0. The fourth-order valence-corrected chi connectivity index (χ4v) is 2.62. The number of carbonyl (C=O) groups excluding carboxylic acids is 1. The van der Waals surface area contributed by atoms with Crippen molar-refractivity contribution in [1.82, 2.24) is 4.90 Å². The van der Waals surface area contributed by atoms with Crippen molar-refractivity contribution < 1.29 is 15.0 Å². The first-order chi connectivity index (χ1) is 9.52. The number of fused-ring (bicyclic) bond motifs is 1. The van der Waals surface area contributed by atoms with Crippen molar-refractivity contribution in [2.75, 3.05) is 38.2 Å². The summed E-state index contributed by atoms with van der Waals surface area (Å²) >= 11 is 0. The summed E-state index contributed by atoms with van der Waals surface area (Å²) in [5, 5.41) is 19.1. The van der Waals surface area contributed by atoms with Crippen molar-refractivity contribution in [1.29, 1.82) is 0 Å². The molecule has 0 saturated carbocycles. The van der Waals surface area contributed by atoms with Gasteiger partial charge < -0.3 is 20.0 Å². The number of carbonyl (C=O) groups is 1. The zero-order valence-electron chi connectivity index (χ0n) is 12.0. The van der Waals surface area contributed by atoms with Gasteiger partial charge in [-0.25, -0.2) is 0 Å². The molecule has 1 unspecified atom stereocenters. The summed E-state index contributed by atoms with van der Waals surface area (Å²) in [6, 6.07) is 5.77. The molecule has 0 aliphatic carbocycles. The second-order valence-electron chi connectivity index (χ2n) is 5.31. The van der Waals surface area contributed by atoms with Crippen LogP contribution in [0.25, 0.3) is 0 Å². The van der Waals surface area contributed by atoms with Crippen molar-refractivity contribution in [3.8, 4) is 0 Å². The summed E-state index contributed by atoms with van der Waals surface area (Å²) in [6.45, 7) is 3.40. The number of benzene rings is 1. The van der Waals surface area contributed by atoms with Crippen LogP contribution < -0.4 is 4.90 Å². The molecule has 1 aliphatic heterocycles. The molecule has 5 heteroatoms. The van der Waals surface area contributed by atoms with Crippen LogP contribution in [-0.4, -0.2) is 54.3 Å². The van der Waals surface area contributed by atoms with E-state index in [-0.39, 0.29) is 12.5 Å². The highest BCUT2D eigenvalue weighted by Gasteiger charge is 2.23. The minimum atomic E-state index is -0.580. The van der Waals surface area contributed by atoms with E-state index in [4.69, 9.17) is 5.11 Å². The molecule has 110 valence electrons. The molecule has 1 amide bonds. The van der Waals surface area contributed by atoms with Gasteiger partial charge in [0.1, 0.15) is 0 Å². The zero-order chi connectivity index (χ0) is 14.7. The first-order valence-corrected chi connectivity index (χ1v) is 6.91. The van der Waals surface area contributed by atoms with Crippen LogP contribution in [0.3, 0.4) is 0 Å². The van der Waals surface area contributed by atoms with Gasteiger partial charge in [0.25, 0.3) is 0 Å². The molecule has 1 aromatic carbocycles. The van der Waals surface area contributed by atoms with Gasteiger partial charge in [0.05, 0.1) is 12.7 Å². The van der Waals surface area contributed by atoms with Gasteiger partial charge in [-0.3, -0.25) is 4.79 Å². The van der Waals surface area contributed by atoms with E-state index >= 15 is 0 Å². The highest BCUT2D eigenvalue weighted by Crippen LogP contribution is 2.30. The Morgan fingerprint density at radius 3 is 2.90 bits per heavy atom. The van der Waals surface area contributed by atoms with Crippen LogP contribution in [0.1, 0.15) is 24.2 Å². The molecular formula is C15H22N2O3. The van der Waals surface area contributed by atoms with Gasteiger partial charge in [-0.15, -0.1) is 0 Å². The number of nitrogens with zero attached hydrogens (tertiary/aromatic N) is 2. The third kappa shape index (κ3) is 3.17. The maximum atomic E-state index is 11.5. The molecule has 1 aromatic rings. The van der Waals surface area contributed by atoms with E-state index < -0.39 is 6.10 Å². The first kappa shape index (κ1) is 15.0. The largest absolute Gasteiger partial charge is 0.395 e. The standard InChI is InChI=1S/C15H22N2O3/c1-11(19)17-6-5-12-9-13(3-4-14(12)17)15(20)10-16(2)7-8-18/h3-4,9,15,18,20H,5-8,10H2,1-2H3. The van der Waals surface area contributed by atoms with Crippen molar-refractivity contribution in [3.63, 3.8) is 0 Å². The van der Waals surface area contributed by atoms with Crippen LogP contribution in [0, 0.1) is 0 Å². The number of hydrogen-bond donors (Lipinski definition) is 2. The molecule has 20 heavy (non-hydrogen) atoms. The molecule has 0 spiro atoms. The monoisotopic (exact) mass is 278 g/mol. The quantitative estimate of drug-likeness (QED) is 0.826. The molecule has 2 rings (SSSR count). The normalized spacial score (nSPS) is 15.6. The lowest BCUT2D eigenvalue weighted by Crippen LogP contribution is -2.27. The summed E-state index contributed by atoms with van der Waals surface area (Å²) in [4.78, 5) is 15.1. The van der Waals surface area contributed by atoms with Gasteiger partial charge in [0.2, 0.25) is 5.91 Å². The summed E-state index contributed by atoms with van der Waals surface area (Å²) in [7, 11) is 1.87. The highest BCUT2D eigenvalue weighted by atomic mass is 16.3. The van der Waals surface area contributed by atoms with E-state index in [1.54, 1.807) is 11.8 Å². The minimum absolute atomic E-state index is 0.0553. The van der Waals surface area contributed by atoms with Gasteiger partial charge >= 0.3 is 0 Å². The highest BCUT2D eigenvalue weighted by molar-refractivity contribution is 5.93. The lowest BCUT2D eigenvalue weighted by atomic mass is 10.0. The van der Waals surface area contributed by atoms with Crippen molar-refractivity contribution >= 4 is 11.6 Å². The van der Waals surface area contributed by atoms with Crippen molar-refractivity contribution in [2.24, 2.45) is 0 Å². The first-order valence-electron chi connectivity index (χ1n) is 6.91. The van der Waals surface area contributed by atoms with Gasteiger partial charge in [-0.2, -0.15) is 0 Å².